The first-order chi connectivity index (χ1) is 9.98. The van der Waals surface area contributed by atoms with Gasteiger partial charge in [-0.15, -0.1) is 0 Å². The summed E-state index contributed by atoms with van der Waals surface area (Å²) in [6, 6.07) is -0.199. The molecule has 0 saturated heterocycles. The van der Waals surface area contributed by atoms with Crippen molar-refractivity contribution in [2.75, 3.05) is 21.3 Å². The number of nitrogens with zero attached hydrogens (tertiary/aromatic N) is 4. The van der Waals surface area contributed by atoms with Crippen molar-refractivity contribution < 1.29 is 29.1 Å². The molecule has 1 heterocycles. The molecule has 1 aromatic heterocycles. The lowest BCUT2D eigenvalue weighted by Crippen LogP contribution is -2.20. The molecule has 1 rings (SSSR count). The fourth-order valence-electron chi connectivity index (χ4n) is 1.42. The number of hydrogen-bond donors (Lipinski definition) is 1. The van der Waals surface area contributed by atoms with E-state index < -0.39 is 28.7 Å². The predicted molar refractivity (Wildman–Crippen MR) is 66.7 cm³/mol. The highest BCUT2D eigenvalue weighted by Gasteiger charge is 2.29. The van der Waals surface area contributed by atoms with Gasteiger partial charge >= 0.3 is 23.5 Å². The number of esters is 1. The van der Waals surface area contributed by atoms with Gasteiger partial charge in [-0.1, -0.05) is 5.16 Å². The normalized spacial score (nSPS) is 10.9. The van der Waals surface area contributed by atoms with E-state index in [1.165, 1.54) is 14.2 Å². The van der Waals surface area contributed by atoms with E-state index in [2.05, 4.69) is 19.9 Å². The maximum atomic E-state index is 11.3. The molecule has 0 aliphatic carbocycles. The van der Waals surface area contributed by atoms with Crippen LogP contribution in [0.5, 0.6) is 11.9 Å². The van der Waals surface area contributed by atoms with Crippen molar-refractivity contribution in [1.29, 1.82) is 0 Å². The van der Waals surface area contributed by atoms with Crippen molar-refractivity contribution in [3.05, 3.63) is 15.8 Å². The summed E-state index contributed by atoms with van der Waals surface area (Å²) in [6.45, 7) is 0. The summed E-state index contributed by atoms with van der Waals surface area (Å²) < 4.78 is 14.0. The molecule has 1 N–H and O–H groups in total. The van der Waals surface area contributed by atoms with Crippen LogP contribution in [0.4, 0.5) is 5.69 Å². The number of hydrogen-bond acceptors (Lipinski definition) is 10. The van der Waals surface area contributed by atoms with Crippen molar-refractivity contribution in [3.63, 3.8) is 0 Å². The maximum Gasteiger partial charge on any atom is 0.356 e. The third-order valence-corrected chi connectivity index (χ3v) is 2.34. The third-order valence-electron chi connectivity index (χ3n) is 2.34. The van der Waals surface area contributed by atoms with Crippen molar-refractivity contribution >= 4 is 17.4 Å². The number of nitro groups is 1. The van der Waals surface area contributed by atoms with Crippen LogP contribution < -0.4 is 9.47 Å². The highest BCUT2D eigenvalue weighted by atomic mass is 16.6. The standard InChI is InChI=1S/C10H12N4O7/c1-19-8-7(14(17)18)5(11-10(12-8)21-3)4-6(13-16)9(15)20-2/h16H,4H2,1-3H3/b13-6-. The molecule has 1 aromatic rings. The molecule has 0 atom stereocenters. The zero-order valence-corrected chi connectivity index (χ0v) is 11.4. The Hall–Kier alpha value is -2.98. The first kappa shape index (κ1) is 16.1. The molecule has 0 radical (unpaired) electrons. The Bertz CT molecular complexity index is 587. The van der Waals surface area contributed by atoms with Crippen molar-refractivity contribution in [2.45, 2.75) is 6.42 Å². The lowest BCUT2D eigenvalue weighted by Gasteiger charge is -2.08. The van der Waals surface area contributed by atoms with E-state index in [-0.39, 0.29) is 17.6 Å². The molecule has 0 amide bonds. The molecule has 0 aromatic carbocycles. The van der Waals surface area contributed by atoms with Gasteiger partial charge in [0, 0.05) is 0 Å². The van der Waals surface area contributed by atoms with E-state index in [1.54, 1.807) is 0 Å². The second-order valence-corrected chi connectivity index (χ2v) is 3.49. The topological polar surface area (TPSA) is 146 Å². The first-order valence-corrected chi connectivity index (χ1v) is 5.41. The van der Waals surface area contributed by atoms with Crippen LogP contribution in [-0.2, 0) is 16.0 Å². The van der Waals surface area contributed by atoms with Crippen LogP contribution in [0.2, 0.25) is 0 Å². The molecular weight excluding hydrogens is 288 g/mol. The summed E-state index contributed by atoms with van der Waals surface area (Å²) in [6.07, 6.45) is -0.464. The summed E-state index contributed by atoms with van der Waals surface area (Å²) in [4.78, 5) is 29.1. The summed E-state index contributed by atoms with van der Waals surface area (Å²) in [5.41, 5.74) is -1.26. The lowest BCUT2D eigenvalue weighted by molar-refractivity contribution is -0.387. The Morgan fingerprint density at radius 1 is 1.33 bits per heavy atom. The minimum absolute atomic E-state index is 0.199. The van der Waals surface area contributed by atoms with Crippen LogP contribution in [0.25, 0.3) is 0 Å². The minimum atomic E-state index is -0.955. The summed E-state index contributed by atoms with van der Waals surface area (Å²) in [5, 5.41) is 22.6. The number of methoxy groups -OCH3 is 3. The molecule has 0 aliphatic rings. The van der Waals surface area contributed by atoms with Gasteiger partial charge in [0.1, 0.15) is 5.69 Å². The van der Waals surface area contributed by atoms with Gasteiger partial charge in [0.05, 0.1) is 32.7 Å². The lowest BCUT2D eigenvalue weighted by atomic mass is 10.2. The summed E-state index contributed by atoms with van der Waals surface area (Å²) >= 11 is 0. The van der Waals surface area contributed by atoms with E-state index in [1.807, 2.05) is 0 Å². The van der Waals surface area contributed by atoms with Gasteiger partial charge < -0.3 is 19.4 Å². The van der Waals surface area contributed by atoms with E-state index in [9.17, 15) is 14.9 Å². The molecule has 0 spiro atoms. The largest absolute Gasteiger partial charge is 0.476 e. The molecular formula is C10H12N4O7. The van der Waals surface area contributed by atoms with Crippen molar-refractivity contribution in [1.82, 2.24) is 9.97 Å². The SMILES string of the molecule is COC(=O)/C(Cc1nc(OC)nc(OC)c1[N+](=O)[O-])=N\O. The van der Waals surface area contributed by atoms with Gasteiger partial charge in [0.15, 0.2) is 5.71 Å². The molecule has 0 fully saturated rings. The number of aromatic nitrogens is 2. The van der Waals surface area contributed by atoms with Crippen molar-refractivity contribution in [3.8, 4) is 11.9 Å². The van der Waals surface area contributed by atoms with Crippen molar-refractivity contribution in [2.24, 2.45) is 5.16 Å². The highest BCUT2D eigenvalue weighted by Crippen LogP contribution is 2.30. The number of carbonyl (C=O) groups excluding carboxylic acids is 1. The Morgan fingerprint density at radius 3 is 2.43 bits per heavy atom. The van der Waals surface area contributed by atoms with Crippen LogP contribution in [0.1, 0.15) is 5.69 Å². The molecule has 11 nitrogen and oxygen atoms in total. The number of oxime groups is 1. The fraction of sp³-hybridized carbons (Fsp3) is 0.400. The third kappa shape index (κ3) is 3.52. The van der Waals surface area contributed by atoms with E-state index in [0.717, 1.165) is 7.11 Å². The highest BCUT2D eigenvalue weighted by molar-refractivity contribution is 6.36. The second kappa shape index (κ2) is 6.98. The Morgan fingerprint density at radius 2 is 2.00 bits per heavy atom. The first-order valence-electron chi connectivity index (χ1n) is 5.41. The zero-order valence-electron chi connectivity index (χ0n) is 11.4. The number of rotatable bonds is 6. The van der Waals surface area contributed by atoms with Crippen LogP contribution in [0.15, 0.2) is 5.16 Å². The van der Waals surface area contributed by atoms with Crippen LogP contribution >= 0.6 is 0 Å². The summed E-state index contributed by atoms with van der Waals surface area (Å²) in [5.74, 6) is -1.30. The van der Waals surface area contributed by atoms with Crippen LogP contribution in [0.3, 0.4) is 0 Å². The average Bonchev–Trinajstić information content (AvgIpc) is 2.50. The number of ether oxygens (including phenoxy) is 3. The van der Waals surface area contributed by atoms with Gasteiger partial charge in [-0.05, 0) is 0 Å². The Labute approximate surface area is 118 Å². The Balaban J connectivity index is 3.38. The van der Waals surface area contributed by atoms with Gasteiger partial charge in [-0.25, -0.2) is 4.79 Å². The minimum Gasteiger partial charge on any atom is -0.476 e. The molecule has 11 heteroatoms. The second-order valence-electron chi connectivity index (χ2n) is 3.49. The van der Waals surface area contributed by atoms with Crippen LogP contribution in [0, 0.1) is 10.1 Å². The molecule has 0 bridgehead atoms. The van der Waals surface area contributed by atoms with Gasteiger partial charge in [-0.2, -0.15) is 9.97 Å². The molecule has 0 unspecified atom stereocenters. The smallest absolute Gasteiger partial charge is 0.356 e. The average molecular weight is 300 g/mol. The quantitative estimate of drug-likeness (QED) is 0.251. The van der Waals surface area contributed by atoms with Crippen LogP contribution in [-0.4, -0.2) is 53.1 Å². The molecule has 21 heavy (non-hydrogen) atoms. The van der Waals surface area contributed by atoms with Gasteiger partial charge in [0.2, 0.25) is 0 Å². The molecule has 114 valence electrons. The number of carbonyl (C=O) groups is 1. The van der Waals surface area contributed by atoms with Gasteiger partial charge in [0.25, 0.3) is 0 Å². The van der Waals surface area contributed by atoms with E-state index in [4.69, 9.17) is 14.7 Å². The Kier molecular flexibility index (Phi) is 5.34. The fourth-order valence-corrected chi connectivity index (χ4v) is 1.42. The summed E-state index contributed by atoms with van der Waals surface area (Å²) in [7, 11) is 3.51. The zero-order chi connectivity index (χ0) is 16.0. The molecule has 0 saturated carbocycles. The van der Waals surface area contributed by atoms with E-state index in [0.29, 0.717) is 0 Å². The van der Waals surface area contributed by atoms with Gasteiger partial charge in [-0.3, -0.25) is 10.1 Å². The molecule has 0 aliphatic heterocycles. The monoisotopic (exact) mass is 300 g/mol. The maximum absolute atomic E-state index is 11.3. The van der Waals surface area contributed by atoms with E-state index >= 15 is 0 Å². The predicted octanol–water partition coefficient (Wildman–Crippen LogP) is -0.0523.